The van der Waals surface area contributed by atoms with Crippen LogP contribution in [0.25, 0.3) is 10.9 Å². The van der Waals surface area contributed by atoms with Gasteiger partial charge in [-0.3, -0.25) is 4.98 Å². The molecule has 13 heteroatoms. The Morgan fingerprint density at radius 1 is 1.03 bits per heavy atom. The normalized spacial score (nSPS) is 19.6. The number of carboxylic acid groups (broad SMARTS) is 2. The van der Waals surface area contributed by atoms with Gasteiger partial charge in [0, 0.05) is 31.4 Å². The van der Waals surface area contributed by atoms with Gasteiger partial charge < -0.3 is 34.6 Å². The maximum atomic E-state index is 11.6. The van der Waals surface area contributed by atoms with Crippen LogP contribution >= 0.6 is 0 Å². The van der Waals surface area contributed by atoms with Crippen LogP contribution in [0.4, 0.5) is 11.8 Å². The summed E-state index contributed by atoms with van der Waals surface area (Å²) in [6.07, 6.45) is 7.26. The van der Waals surface area contributed by atoms with Crippen LogP contribution in [0.15, 0.2) is 30.7 Å². The molecular formula is C25H28N6O7. The van der Waals surface area contributed by atoms with Crippen LogP contribution in [-0.4, -0.2) is 87.1 Å². The van der Waals surface area contributed by atoms with Crippen molar-refractivity contribution in [3.63, 3.8) is 0 Å². The van der Waals surface area contributed by atoms with Gasteiger partial charge in [0.1, 0.15) is 11.9 Å². The summed E-state index contributed by atoms with van der Waals surface area (Å²) in [7, 11) is 0. The number of morpholine rings is 1. The lowest BCUT2D eigenvalue weighted by molar-refractivity contribution is -0.139. The Labute approximate surface area is 217 Å². The fraction of sp³-hybridized carbons (Fsp3) is 0.440. The highest BCUT2D eigenvalue weighted by molar-refractivity contribution is 5.94. The second kappa shape index (κ2) is 11.4. The number of aromatic carboxylic acids is 1. The molecule has 3 N–H and O–H groups in total. The summed E-state index contributed by atoms with van der Waals surface area (Å²) in [6.45, 7) is 2.18. The van der Waals surface area contributed by atoms with E-state index in [-0.39, 0.29) is 23.5 Å². The van der Waals surface area contributed by atoms with Crippen LogP contribution < -0.4 is 19.7 Å². The zero-order valence-electron chi connectivity index (χ0n) is 20.6. The maximum absolute atomic E-state index is 11.6. The first kappa shape index (κ1) is 25.4. The van der Waals surface area contributed by atoms with Gasteiger partial charge in [-0.15, -0.1) is 0 Å². The minimum atomic E-state index is -1.07. The molecule has 2 aliphatic rings. The standard InChI is InChI=1S/C25H28N6O7/c32-22(33)14-37-18-12-27-25(28-13-18)29-16-1-3-17(4-2-16)38-23-19-9-15(24(34)35)11-26-20(19)10-21(30-23)31-5-7-36-8-6-31/h9-13,16-17H,1-8,14H2,(H,32,33)(H,34,35)(H,27,28,29). The van der Waals surface area contributed by atoms with Crippen molar-refractivity contribution in [3.05, 3.63) is 36.3 Å². The number of ether oxygens (including phenoxy) is 3. The van der Waals surface area contributed by atoms with Crippen LogP contribution in [0.2, 0.25) is 0 Å². The Balaban J connectivity index is 1.25. The van der Waals surface area contributed by atoms with Gasteiger partial charge in [-0.2, -0.15) is 4.98 Å². The highest BCUT2D eigenvalue weighted by Gasteiger charge is 2.25. The summed E-state index contributed by atoms with van der Waals surface area (Å²) >= 11 is 0. The number of fused-ring (bicyclic) bond motifs is 1. The number of anilines is 2. The lowest BCUT2D eigenvalue weighted by Gasteiger charge is -2.31. The van der Waals surface area contributed by atoms with E-state index >= 15 is 0 Å². The highest BCUT2D eigenvalue weighted by atomic mass is 16.5. The molecule has 38 heavy (non-hydrogen) atoms. The zero-order chi connectivity index (χ0) is 26.5. The van der Waals surface area contributed by atoms with Gasteiger partial charge >= 0.3 is 11.9 Å². The first-order chi connectivity index (χ1) is 18.4. The van der Waals surface area contributed by atoms with E-state index in [2.05, 4.69) is 25.2 Å². The minimum absolute atomic E-state index is 0.0792. The van der Waals surface area contributed by atoms with Crippen molar-refractivity contribution >= 4 is 34.6 Å². The van der Waals surface area contributed by atoms with Crippen molar-refractivity contribution < 1.29 is 34.0 Å². The predicted molar refractivity (Wildman–Crippen MR) is 135 cm³/mol. The number of nitrogens with one attached hydrogen (secondary N) is 1. The molecule has 0 spiro atoms. The molecule has 1 saturated heterocycles. The Morgan fingerprint density at radius 2 is 1.76 bits per heavy atom. The molecular weight excluding hydrogens is 496 g/mol. The van der Waals surface area contributed by atoms with Crippen molar-refractivity contribution in [3.8, 4) is 11.6 Å². The average Bonchev–Trinajstić information content (AvgIpc) is 2.94. The maximum Gasteiger partial charge on any atom is 0.341 e. The van der Waals surface area contributed by atoms with Gasteiger partial charge in [0.2, 0.25) is 11.8 Å². The molecule has 0 atom stereocenters. The Morgan fingerprint density at radius 3 is 2.45 bits per heavy atom. The summed E-state index contributed by atoms with van der Waals surface area (Å²) in [5.74, 6) is -0.283. The van der Waals surface area contributed by atoms with Gasteiger partial charge in [-0.05, 0) is 31.7 Å². The summed E-state index contributed by atoms with van der Waals surface area (Å²) < 4.78 is 16.9. The van der Waals surface area contributed by atoms with Gasteiger partial charge in [0.05, 0.1) is 42.1 Å². The molecule has 0 amide bonds. The predicted octanol–water partition coefficient (Wildman–Crippen LogP) is 2.22. The van der Waals surface area contributed by atoms with Crippen molar-refractivity contribution in [2.45, 2.75) is 37.8 Å². The Kier molecular flexibility index (Phi) is 7.63. The quantitative estimate of drug-likeness (QED) is 0.373. The lowest BCUT2D eigenvalue weighted by Crippen LogP contribution is -2.37. The monoisotopic (exact) mass is 524 g/mol. The van der Waals surface area contributed by atoms with Crippen LogP contribution in [0.5, 0.6) is 11.6 Å². The van der Waals surface area contributed by atoms with E-state index in [0.29, 0.717) is 49.0 Å². The first-order valence-electron chi connectivity index (χ1n) is 12.4. The average molecular weight is 525 g/mol. The Bertz CT molecular complexity index is 1290. The fourth-order valence-corrected chi connectivity index (χ4v) is 4.52. The van der Waals surface area contributed by atoms with E-state index in [1.165, 1.54) is 18.6 Å². The lowest BCUT2D eigenvalue weighted by atomic mass is 9.93. The molecule has 1 aliphatic carbocycles. The van der Waals surface area contributed by atoms with Crippen molar-refractivity contribution in [1.29, 1.82) is 0 Å². The number of hydrogen-bond acceptors (Lipinski definition) is 11. The number of carboxylic acids is 2. The molecule has 1 aliphatic heterocycles. The molecule has 0 bridgehead atoms. The molecule has 3 aromatic heterocycles. The van der Waals surface area contributed by atoms with Gasteiger partial charge in [0.25, 0.3) is 0 Å². The van der Waals surface area contributed by atoms with Crippen molar-refractivity contribution in [2.24, 2.45) is 0 Å². The number of aromatic nitrogens is 4. The van der Waals surface area contributed by atoms with E-state index in [4.69, 9.17) is 24.3 Å². The number of pyridine rings is 2. The van der Waals surface area contributed by atoms with E-state index in [9.17, 15) is 14.7 Å². The molecule has 200 valence electrons. The molecule has 4 heterocycles. The topological polar surface area (TPSA) is 169 Å². The first-order valence-corrected chi connectivity index (χ1v) is 12.4. The molecule has 0 unspecified atom stereocenters. The third kappa shape index (κ3) is 6.17. The Hall–Kier alpha value is -4.26. The highest BCUT2D eigenvalue weighted by Crippen LogP contribution is 2.32. The van der Waals surface area contributed by atoms with Crippen molar-refractivity contribution in [1.82, 2.24) is 19.9 Å². The van der Waals surface area contributed by atoms with E-state index in [1.807, 2.05) is 6.07 Å². The number of carbonyl (C=O) groups is 2. The van der Waals surface area contributed by atoms with Crippen LogP contribution in [0, 0.1) is 0 Å². The molecule has 3 aromatic rings. The molecule has 5 rings (SSSR count). The third-order valence-electron chi connectivity index (χ3n) is 6.49. The fourth-order valence-electron chi connectivity index (χ4n) is 4.52. The number of rotatable bonds is 9. The summed E-state index contributed by atoms with van der Waals surface area (Å²) in [5.41, 5.74) is 0.709. The second-order valence-electron chi connectivity index (χ2n) is 9.14. The van der Waals surface area contributed by atoms with E-state index in [1.54, 1.807) is 6.07 Å². The second-order valence-corrected chi connectivity index (χ2v) is 9.14. The van der Waals surface area contributed by atoms with E-state index < -0.39 is 18.5 Å². The summed E-state index contributed by atoms with van der Waals surface area (Å²) in [5, 5.41) is 22.0. The molecule has 0 radical (unpaired) electrons. The number of aliphatic carboxylic acids is 1. The van der Waals surface area contributed by atoms with Crippen LogP contribution in [0.3, 0.4) is 0 Å². The van der Waals surface area contributed by atoms with Gasteiger partial charge in [-0.25, -0.2) is 19.6 Å². The van der Waals surface area contributed by atoms with E-state index in [0.717, 1.165) is 31.5 Å². The molecule has 0 aromatic carbocycles. The number of nitrogens with zero attached hydrogens (tertiary/aromatic N) is 5. The van der Waals surface area contributed by atoms with Crippen LogP contribution in [0.1, 0.15) is 36.0 Å². The van der Waals surface area contributed by atoms with Gasteiger partial charge in [0.15, 0.2) is 12.4 Å². The molecule has 2 fully saturated rings. The molecule has 13 nitrogen and oxygen atoms in total. The SMILES string of the molecule is O=C(O)COc1cnc(NC2CCC(Oc3nc(N4CCOCC4)cc4ncc(C(=O)O)cc34)CC2)nc1. The molecule has 1 saturated carbocycles. The summed E-state index contributed by atoms with van der Waals surface area (Å²) in [6, 6.07) is 3.56. The number of hydrogen-bond donors (Lipinski definition) is 3. The zero-order valence-corrected chi connectivity index (χ0v) is 20.6. The third-order valence-corrected chi connectivity index (χ3v) is 6.49. The van der Waals surface area contributed by atoms with Crippen LogP contribution in [-0.2, 0) is 9.53 Å². The largest absolute Gasteiger partial charge is 0.479 e. The smallest absolute Gasteiger partial charge is 0.341 e. The minimum Gasteiger partial charge on any atom is -0.479 e. The van der Waals surface area contributed by atoms with Crippen molar-refractivity contribution in [2.75, 3.05) is 43.1 Å². The summed E-state index contributed by atoms with van der Waals surface area (Å²) in [4.78, 5) is 41.8. The van der Waals surface area contributed by atoms with Gasteiger partial charge in [-0.1, -0.05) is 0 Å².